The van der Waals surface area contributed by atoms with E-state index in [0.717, 1.165) is 12.1 Å². The first kappa shape index (κ1) is 26.5. The van der Waals surface area contributed by atoms with Crippen LogP contribution in [0.3, 0.4) is 0 Å². The first-order chi connectivity index (χ1) is 15.3. The van der Waals surface area contributed by atoms with Crippen LogP contribution in [0.25, 0.3) is 11.5 Å². The Morgan fingerprint density at radius 2 is 1.82 bits per heavy atom. The van der Waals surface area contributed by atoms with Gasteiger partial charge in [0.15, 0.2) is 6.10 Å². The molecule has 1 amide bonds. The van der Waals surface area contributed by atoms with Gasteiger partial charge in [-0.15, -0.1) is 23.4 Å². The van der Waals surface area contributed by atoms with Crippen molar-refractivity contribution >= 4 is 5.91 Å². The minimum absolute atomic E-state index is 0.0975. The number of halogens is 5. The van der Waals surface area contributed by atoms with Gasteiger partial charge >= 0.3 is 6.36 Å². The number of nitrogens with one attached hydrogen (secondary N) is 1. The van der Waals surface area contributed by atoms with E-state index in [1.807, 2.05) is 0 Å². The summed E-state index contributed by atoms with van der Waals surface area (Å²) in [5, 5.41) is 20.4. The van der Waals surface area contributed by atoms with Crippen molar-refractivity contribution < 1.29 is 41.0 Å². The van der Waals surface area contributed by atoms with E-state index in [1.54, 1.807) is 13.8 Å². The number of hydrogen-bond acceptors (Lipinski definition) is 7. The minimum Gasteiger partial charge on any atom is -0.418 e. The van der Waals surface area contributed by atoms with E-state index < -0.39 is 55.0 Å². The zero-order chi connectivity index (χ0) is 24.8. The molecule has 0 saturated heterocycles. The number of carbonyl (C=O) groups is 1. The first-order valence-corrected chi connectivity index (χ1v) is 10.2. The lowest BCUT2D eigenvalue weighted by Gasteiger charge is -2.24. The van der Waals surface area contributed by atoms with Crippen molar-refractivity contribution in [2.75, 3.05) is 0 Å². The quantitative estimate of drug-likeness (QED) is 0.419. The standard InChI is InChI=1S/C20H25F5N4O4/c1-3-9-19(21,22)10-13(26)16(31)27-14(4-2)15(30)18-29-28-17(32-18)11-5-7-12(8-6-11)33-20(23,24)25/h5-8,13-15,30H,3-4,9-10,26H2,1-2H3,(H,27,31)/t13-,14-,15?/m0/s1. The molecule has 184 valence electrons. The Morgan fingerprint density at radius 3 is 2.36 bits per heavy atom. The van der Waals surface area contributed by atoms with Gasteiger partial charge in [-0.25, -0.2) is 8.78 Å². The fourth-order valence-electron chi connectivity index (χ4n) is 3.02. The van der Waals surface area contributed by atoms with Crippen LogP contribution in [0.5, 0.6) is 5.75 Å². The van der Waals surface area contributed by atoms with E-state index in [9.17, 15) is 31.9 Å². The summed E-state index contributed by atoms with van der Waals surface area (Å²) in [5.74, 6) is -4.77. The van der Waals surface area contributed by atoms with Crippen molar-refractivity contribution in [1.82, 2.24) is 15.5 Å². The molecule has 0 aliphatic rings. The Balaban J connectivity index is 2.05. The van der Waals surface area contributed by atoms with Gasteiger partial charge in [0, 0.05) is 18.4 Å². The molecule has 8 nitrogen and oxygen atoms in total. The summed E-state index contributed by atoms with van der Waals surface area (Å²) in [5.41, 5.74) is 5.86. The zero-order valence-electron chi connectivity index (χ0n) is 17.9. The molecule has 13 heteroatoms. The number of benzene rings is 1. The summed E-state index contributed by atoms with van der Waals surface area (Å²) in [6.45, 7) is 3.22. The van der Waals surface area contributed by atoms with Gasteiger partial charge in [-0.3, -0.25) is 4.79 Å². The van der Waals surface area contributed by atoms with Crippen LogP contribution >= 0.6 is 0 Å². The first-order valence-electron chi connectivity index (χ1n) is 10.2. The molecule has 0 spiro atoms. The molecule has 2 rings (SSSR count). The Morgan fingerprint density at radius 1 is 1.18 bits per heavy atom. The summed E-state index contributed by atoms with van der Waals surface area (Å²) in [4.78, 5) is 12.2. The number of carbonyl (C=O) groups excluding carboxylic acids is 1. The maximum absolute atomic E-state index is 13.7. The Labute approximate surface area is 186 Å². The van der Waals surface area contributed by atoms with Crippen LogP contribution in [0, 0.1) is 0 Å². The predicted molar refractivity (Wildman–Crippen MR) is 106 cm³/mol. The normalized spacial score (nSPS) is 15.1. The summed E-state index contributed by atoms with van der Waals surface area (Å²) in [6.07, 6.45) is -7.13. The van der Waals surface area contributed by atoms with Gasteiger partial charge in [0.05, 0.1) is 12.1 Å². The highest BCUT2D eigenvalue weighted by atomic mass is 19.4. The van der Waals surface area contributed by atoms with Gasteiger partial charge < -0.3 is 25.3 Å². The maximum atomic E-state index is 13.7. The molecule has 1 heterocycles. The average molecular weight is 480 g/mol. The number of nitrogens with two attached hydrogens (primary N) is 1. The Hall–Kier alpha value is -2.80. The van der Waals surface area contributed by atoms with Crippen LogP contribution in [0.2, 0.25) is 0 Å². The smallest absolute Gasteiger partial charge is 0.418 e. The summed E-state index contributed by atoms with van der Waals surface area (Å²) >= 11 is 0. The molecule has 1 unspecified atom stereocenters. The van der Waals surface area contributed by atoms with Crippen LogP contribution in [-0.2, 0) is 4.79 Å². The molecule has 33 heavy (non-hydrogen) atoms. The summed E-state index contributed by atoms with van der Waals surface area (Å²) in [7, 11) is 0. The predicted octanol–water partition coefficient (Wildman–Crippen LogP) is 3.72. The van der Waals surface area contributed by atoms with E-state index in [4.69, 9.17) is 10.2 Å². The molecule has 3 atom stereocenters. The number of rotatable bonds is 11. The number of aliphatic hydroxyl groups excluding tert-OH is 1. The molecule has 2 aromatic rings. The molecule has 0 aliphatic heterocycles. The highest BCUT2D eigenvalue weighted by Crippen LogP contribution is 2.28. The molecule has 0 bridgehead atoms. The molecule has 0 saturated carbocycles. The lowest BCUT2D eigenvalue weighted by molar-refractivity contribution is -0.274. The number of alkyl halides is 5. The highest BCUT2D eigenvalue weighted by Gasteiger charge is 2.35. The SMILES string of the molecule is CCCC(F)(F)C[C@H](N)C(=O)N[C@@H](CC)C(O)c1nnc(-c2ccc(OC(F)(F)F)cc2)o1. The highest BCUT2D eigenvalue weighted by molar-refractivity contribution is 5.81. The van der Waals surface area contributed by atoms with E-state index in [2.05, 4.69) is 20.3 Å². The second kappa shape index (κ2) is 10.9. The number of amides is 1. The third kappa shape index (κ3) is 7.93. The van der Waals surface area contributed by atoms with E-state index in [1.165, 1.54) is 12.1 Å². The van der Waals surface area contributed by atoms with Crippen molar-refractivity contribution in [1.29, 1.82) is 0 Å². The van der Waals surface area contributed by atoms with Gasteiger partial charge in [-0.1, -0.05) is 20.3 Å². The van der Waals surface area contributed by atoms with Crippen LogP contribution in [0.1, 0.15) is 51.5 Å². The largest absolute Gasteiger partial charge is 0.573 e. The molecule has 4 N–H and O–H groups in total. The number of aliphatic hydroxyl groups is 1. The molecule has 1 aromatic carbocycles. The molecular formula is C20H25F5N4O4. The number of hydrogen-bond donors (Lipinski definition) is 3. The van der Waals surface area contributed by atoms with Crippen molar-refractivity contribution in [3.63, 3.8) is 0 Å². The van der Waals surface area contributed by atoms with Gasteiger partial charge in [0.2, 0.25) is 23.6 Å². The summed E-state index contributed by atoms with van der Waals surface area (Å²) in [6, 6.07) is 2.16. The molecule has 0 radical (unpaired) electrons. The molecule has 1 aromatic heterocycles. The van der Waals surface area contributed by atoms with Crippen molar-refractivity contribution in [2.45, 2.75) is 70.0 Å². The van der Waals surface area contributed by atoms with Gasteiger partial charge in [-0.05, 0) is 30.7 Å². The molecular weight excluding hydrogens is 455 g/mol. The topological polar surface area (TPSA) is 124 Å². The van der Waals surface area contributed by atoms with E-state index in [0.29, 0.717) is 0 Å². The zero-order valence-corrected chi connectivity index (χ0v) is 17.9. The van der Waals surface area contributed by atoms with Gasteiger partial charge in [-0.2, -0.15) is 0 Å². The Kier molecular flexibility index (Phi) is 8.72. The fourth-order valence-corrected chi connectivity index (χ4v) is 3.02. The molecule has 0 aliphatic carbocycles. The van der Waals surface area contributed by atoms with Crippen LogP contribution in [0.15, 0.2) is 28.7 Å². The Bertz CT molecular complexity index is 905. The second-order valence-electron chi connectivity index (χ2n) is 7.40. The fraction of sp³-hybridized carbons (Fsp3) is 0.550. The van der Waals surface area contributed by atoms with E-state index in [-0.39, 0.29) is 30.2 Å². The number of aromatic nitrogens is 2. The van der Waals surface area contributed by atoms with Crippen molar-refractivity contribution in [3.8, 4) is 17.2 Å². The third-order valence-electron chi connectivity index (χ3n) is 4.65. The number of nitrogens with zero attached hydrogens (tertiary/aromatic N) is 2. The van der Waals surface area contributed by atoms with Crippen molar-refractivity contribution in [2.24, 2.45) is 5.73 Å². The number of ether oxygens (including phenoxy) is 1. The lowest BCUT2D eigenvalue weighted by Crippen LogP contribution is -2.49. The third-order valence-corrected chi connectivity index (χ3v) is 4.65. The van der Waals surface area contributed by atoms with Crippen LogP contribution < -0.4 is 15.8 Å². The average Bonchev–Trinajstić information content (AvgIpc) is 3.20. The maximum Gasteiger partial charge on any atom is 0.573 e. The van der Waals surface area contributed by atoms with Crippen molar-refractivity contribution in [3.05, 3.63) is 30.2 Å². The van der Waals surface area contributed by atoms with Gasteiger partial charge in [0.1, 0.15) is 5.75 Å². The van der Waals surface area contributed by atoms with Crippen LogP contribution in [0.4, 0.5) is 22.0 Å². The second-order valence-corrected chi connectivity index (χ2v) is 7.40. The van der Waals surface area contributed by atoms with E-state index >= 15 is 0 Å². The molecule has 0 fully saturated rings. The lowest BCUT2D eigenvalue weighted by atomic mass is 10.0. The van der Waals surface area contributed by atoms with Gasteiger partial charge in [0.25, 0.3) is 0 Å². The summed E-state index contributed by atoms with van der Waals surface area (Å²) < 4.78 is 73.4. The monoisotopic (exact) mass is 480 g/mol. The van der Waals surface area contributed by atoms with Crippen LogP contribution in [-0.4, -0.2) is 45.6 Å². The minimum atomic E-state index is -4.84.